The summed E-state index contributed by atoms with van der Waals surface area (Å²) in [5, 5.41) is 2.86. The van der Waals surface area contributed by atoms with Crippen molar-refractivity contribution in [2.75, 3.05) is 6.54 Å². The molecule has 0 atom stereocenters. The number of hydrogen-bond acceptors (Lipinski definition) is 2. The smallest absolute Gasteiger partial charge is 0.233 e. The number of nitrogens with zero attached hydrogens (tertiary/aromatic N) is 1. The van der Waals surface area contributed by atoms with E-state index in [4.69, 9.17) is 11.6 Å². The third-order valence-corrected chi connectivity index (χ3v) is 6.38. The van der Waals surface area contributed by atoms with Crippen molar-refractivity contribution in [3.05, 3.63) is 56.7 Å². The predicted molar refractivity (Wildman–Crippen MR) is 90.4 cm³/mol. The van der Waals surface area contributed by atoms with Gasteiger partial charge in [0.15, 0.2) is 0 Å². The molecule has 22 heavy (non-hydrogen) atoms. The number of fused-ring (bicyclic) bond motifs is 1. The summed E-state index contributed by atoms with van der Waals surface area (Å²) < 4.78 is 0. The molecule has 0 radical (unpaired) electrons. The quantitative estimate of drug-likeness (QED) is 0.798. The molecule has 4 heteroatoms. The second-order valence-corrected chi connectivity index (χ2v) is 7.73. The van der Waals surface area contributed by atoms with Gasteiger partial charge in [0.25, 0.3) is 0 Å². The monoisotopic (exact) mass is 331 g/mol. The van der Waals surface area contributed by atoms with Crippen molar-refractivity contribution >= 4 is 28.8 Å². The Bertz CT molecular complexity index is 702. The first-order valence-corrected chi connectivity index (χ1v) is 9.05. The average molecular weight is 332 g/mol. The maximum atomic E-state index is 13.2. The van der Waals surface area contributed by atoms with Gasteiger partial charge in [-0.15, -0.1) is 11.3 Å². The van der Waals surface area contributed by atoms with Gasteiger partial charge in [-0.05, 0) is 54.0 Å². The Labute approximate surface area is 139 Å². The summed E-state index contributed by atoms with van der Waals surface area (Å²) in [6.45, 7) is 1.62. The number of hydrogen-bond donors (Lipinski definition) is 0. The van der Waals surface area contributed by atoms with E-state index in [1.54, 1.807) is 0 Å². The van der Waals surface area contributed by atoms with Crippen LogP contribution in [0.5, 0.6) is 0 Å². The van der Waals surface area contributed by atoms with Crippen molar-refractivity contribution in [3.8, 4) is 0 Å². The van der Waals surface area contributed by atoms with Crippen molar-refractivity contribution in [1.29, 1.82) is 0 Å². The fourth-order valence-electron chi connectivity index (χ4n) is 3.65. The minimum Gasteiger partial charge on any atom is -0.337 e. The van der Waals surface area contributed by atoms with Crippen LogP contribution in [0.3, 0.4) is 0 Å². The van der Waals surface area contributed by atoms with Crippen LogP contribution in [-0.2, 0) is 23.2 Å². The van der Waals surface area contributed by atoms with E-state index in [1.165, 1.54) is 10.4 Å². The van der Waals surface area contributed by atoms with Crippen molar-refractivity contribution in [2.24, 2.45) is 0 Å². The number of halogens is 1. The van der Waals surface area contributed by atoms with Crippen LogP contribution in [0.25, 0.3) is 0 Å². The van der Waals surface area contributed by atoms with Crippen LogP contribution >= 0.6 is 22.9 Å². The van der Waals surface area contributed by atoms with Crippen molar-refractivity contribution in [3.63, 3.8) is 0 Å². The first-order chi connectivity index (χ1) is 10.7. The molecule has 2 heterocycles. The predicted octanol–water partition coefficient (Wildman–Crippen LogP) is 4.41. The van der Waals surface area contributed by atoms with Gasteiger partial charge in [0, 0.05) is 23.0 Å². The van der Waals surface area contributed by atoms with Crippen LogP contribution < -0.4 is 0 Å². The van der Waals surface area contributed by atoms with E-state index < -0.39 is 0 Å². The lowest BCUT2D eigenvalue weighted by atomic mass is 9.63. The zero-order chi connectivity index (χ0) is 15.2. The van der Waals surface area contributed by atoms with Gasteiger partial charge in [-0.1, -0.05) is 30.2 Å². The van der Waals surface area contributed by atoms with Crippen LogP contribution in [0, 0.1) is 0 Å². The molecule has 114 valence electrons. The maximum Gasteiger partial charge on any atom is 0.233 e. The van der Waals surface area contributed by atoms with Gasteiger partial charge in [-0.3, -0.25) is 4.79 Å². The molecule has 2 nitrogen and oxygen atoms in total. The molecule has 1 saturated carbocycles. The molecule has 1 aliphatic carbocycles. The summed E-state index contributed by atoms with van der Waals surface area (Å²) in [5.41, 5.74) is 2.15. The van der Waals surface area contributed by atoms with Crippen LogP contribution in [0.4, 0.5) is 0 Å². The Balaban J connectivity index is 1.62. The van der Waals surface area contributed by atoms with Crippen molar-refractivity contribution < 1.29 is 4.79 Å². The topological polar surface area (TPSA) is 20.3 Å². The summed E-state index contributed by atoms with van der Waals surface area (Å²) in [5.74, 6) is 0.304. The summed E-state index contributed by atoms with van der Waals surface area (Å²) in [4.78, 5) is 16.7. The molecule has 4 rings (SSSR count). The first-order valence-electron chi connectivity index (χ1n) is 7.80. The Morgan fingerprint density at radius 1 is 1.18 bits per heavy atom. The summed E-state index contributed by atoms with van der Waals surface area (Å²) in [6, 6.07) is 10.0. The van der Waals surface area contributed by atoms with E-state index in [2.05, 4.69) is 16.3 Å². The highest BCUT2D eigenvalue weighted by atomic mass is 35.5. The summed E-state index contributed by atoms with van der Waals surface area (Å²) in [6.07, 6.45) is 4.04. The van der Waals surface area contributed by atoms with E-state index in [1.807, 2.05) is 35.6 Å². The SMILES string of the molecule is O=C(N1CCc2sccc2C1)C1(c2ccc(Cl)cc2)CCC1. The van der Waals surface area contributed by atoms with Gasteiger partial charge in [0.1, 0.15) is 0 Å². The molecule has 0 spiro atoms. The number of benzene rings is 1. The summed E-state index contributed by atoms with van der Waals surface area (Å²) >= 11 is 7.81. The Hall–Kier alpha value is -1.32. The first kappa shape index (κ1) is 14.3. The highest BCUT2D eigenvalue weighted by molar-refractivity contribution is 7.10. The molecular formula is C18H18ClNOS. The van der Waals surface area contributed by atoms with E-state index >= 15 is 0 Å². The number of carbonyl (C=O) groups is 1. The highest BCUT2D eigenvalue weighted by Crippen LogP contribution is 2.46. The van der Waals surface area contributed by atoms with E-state index in [0.29, 0.717) is 5.91 Å². The van der Waals surface area contributed by atoms with Gasteiger partial charge in [-0.2, -0.15) is 0 Å². The zero-order valence-electron chi connectivity index (χ0n) is 12.3. The second kappa shape index (κ2) is 5.39. The van der Waals surface area contributed by atoms with Gasteiger partial charge in [0.05, 0.1) is 5.41 Å². The fourth-order valence-corrected chi connectivity index (χ4v) is 4.67. The molecule has 1 aliphatic heterocycles. The molecule has 1 fully saturated rings. The molecule has 0 N–H and O–H groups in total. The van der Waals surface area contributed by atoms with Gasteiger partial charge < -0.3 is 4.90 Å². The largest absolute Gasteiger partial charge is 0.337 e. The molecule has 0 bridgehead atoms. The summed E-state index contributed by atoms with van der Waals surface area (Å²) in [7, 11) is 0. The van der Waals surface area contributed by atoms with Crippen LogP contribution in [0.2, 0.25) is 5.02 Å². The Morgan fingerprint density at radius 2 is 1.95 bits per heavy atom. The Kier molecular flexibility index (Phi) is 3.50. The van der Waals surface area contributed by atoms with Crippen LogP contribution in [0.15, 0.2) is 35.7 Å². The molecule has 0 saturated heterocycles. The number of rotatable bonds is 2. The maximum absolute atomic E-state index is 13.2. The van der Waals surface area contributed by atoms with Crippen LogP contribution in [-0.4, -0.2) is 17.4 Å². The van der Waals surface area contributed by atoms with Gasteiger partial charge >= 0.3 is 0 Å². The number of thiophene rings is 1. The van der Waals surface area contributed by atoms with Gasteiger partial charge in [-0.25, -0.2) is 0 Å². The minimum atomic E-state index is -0.307. The molecule has 2 aliphatic rings. The molecular weight excluding hydrogens is 314 g/mol. The lowest BCUT2D eigenvalue weighted by Crippen LogP contribution is -2.52. The van der Waals surface area contributed by atoms with Gasteiger partial charge in [0.2, 0.25) is 5.91 Å². The third-order valence-electron chi connectivity index (χ3n) is 5.11. The third kappa shape index (κ3) is 2.19. The zero-order valence-corrected chi connectivity index (χ0v) is 13.9. The standard InChI is InChI=1S/C18H18ClNOS/c19-15-4-2-14(3-5-15)18(8-1-9-18)17(21)20-10-6-16-13(12-20)7-11-22-16/h2-5,7,11H,1,6,8-10,12H2. The molecule has 2 aromatic rings. The molecule has 1 amide bonds. The lowest BCUT2D eigenvalue weighted by Gasteiger charge is -2.45. The fraction of sp³-hybridized carbons (Fsp3) is 0.389. The molecule has 1 aromatic carbocycles. The van der Waals surface area contributed by atoms with E-state index in [9.17, 15) is 4.79 Å². The second-order valence-electron chi connectivity index (χ2n) is 6.29. The van der Waals surface area contributed by atoms with E-state index in [0.717, 1.165) is 49.4 Å². The number of carbonyl (C=O) groups excluding carboxylic acids is 1. The Morgan fingerprint density at radius 3 is 2.64 bits per heavy atom. The number of amides is 1. The highest BCUT2D eigenvalue weighted by Gasteiger charge is 2.47. The molecule has 0 unspecified atom stereocenters. The van der Waals surface area contributed by atoms with E-state index in [-0.39, 0.29) is 5.41 Å². The average Bonchev–Trinajstić information content (AvgIpc) is 2.95. The van der Waals surface area contributed by atoms with Crippen LogP contribution in [0.1, 0.15) is 35.3 Å². The van der Waals surface area contributed by atoms with Crippen molar-refractivity contribution in [2.45, 2.75) is 37.6 Å². The minimum absolute atomic E-state index is 0.304. The van der Waals surface area contributed by atoms with Crippen molar-refractivity contribution in [1.82, 2.24) is 4.90 Å². The normalized spacial score (nSPS) is 19.4. The lowest BCUT2D eigenvalue weighted by molar-refractivity contribution is -0.141. The molecule has 1 aromatic heterocycles.